The van der Waals surface area contributed by atoms with Crippen LogP contribution in [-0.2, 0) is 13.8 Å². The van der Waals surface area contributed by atoms with Crippen molar-refractivity contribution in [3.05, 3.63) is 40.5 Å². The normalized spacial score (nSPS) is 24.2. The van der Waals surface area contributed by atoms with E-state index in [1.165, 1.54) is 12.3 Å². The van der Waals surface area contributed by atoms with Crippen molar-refractivity contribution in [2.24, 2.45) is 10.8 Å². The van der Waals surface area contributed by atoms with Crippen LogP contribution in [0.4, 0.5) is 0 Å². The number of hydrogen-bond donors (Lipinski definition) is 3. The van der Waals surface area contributed by atoms with Crippen LogP contribution in [0.3, 0.4) is 0 Å². The summed E-state index contributed by atoms with van der Waals surface area (Å²) < 4.78 is 22.4. The molecule has 1 aromatic rings. The monoisotopic (exact) mass is 344 g/mol. The second kappa shape index (κ2) is 7.05. The number of hydrogen-bond acceptors (Lipinski definition) is 5. The van der Waals surface area contributed by atoms with Gasteiger partial charge < -0.3 is 20.3 Å². The number of amides is 1. The lowest BCUT2D eigenvalue weighted by molar-refractivity contribution is -0.759. The summed E-state index contributed by atoms with van der Waals surface area (Å²) in [4.78, 5) is 31.4. The maximum absolute atomic E-state index is 11.2. The van der Waals surface area contributed by atoms with Gasteiger partial charge in [0.1, 0.15) is 5.56 Å². The molecule has 124 valence electrons. The van der Waals surface area contributed by atoms with Crippen molar-refractivity contribution in [3.8, 4) is 0 Å². The Morgan fingerprint density at radius 2 is 2.39 bits per heavy atom. The zero-order valence-corrected chi connectivity index (χ0v) is 12.7. The SMILES string of the molecule is [N-]=[N+]=N[C@@H]1C[C@@H]([n+]2cccc(C(N)=O)c2)O[C@@H]1COP(=O)(O)O. The lowest BCUT2D eigenvalue weighted by Crippen LogP contribution is -2.40. The van der Waals surface area contributed by atoms with Gasteiger partial charge in [-0.2, -0.15) is 4.57 Å². The third-order valence-electron chi connectivity index (χ3n) is 3.25. The first-order valence-corrected chi connectivity index (χ1v) is 8.03. The molecule has 23 heavy (non-hydrogen) atoms. The van der Waals surface area contributed by atoms with E-state index in [9.17, 15) is 9.36 Å². The Labute approximate surface area is 130 Å². The lowest BCUT2D eigenvalue weighted by atomic mass is 10.1. The highest BCUT2D eigenvalue weighted by Gasteiger charge is 2.41. The third kappa shape index (κ3) is 4.73. The molecule has 0 spiro atoms. The summed E-state index contributed by atoms with van der Waals surface area (Å²) >= 11 is 0. The van der Waals surface area contributed by atoms with Crippen molar-refractivity contribution in [1.82, 2.24) is 0 Å². The van der Waals surface area contributed by atoms with Gasteiger partial charge >= 0.3 is 7.82 Å². The van der Waals surface area contributed by atoms with Gasteiger partial charge in [-0.3, -0.25) is 9.32 Å². The fourth-order valence-corrected chi connectivity index (χ4v) is 2.57. The highest BCUT2D eigenvalue weighted by Crippen LogP contribution is 2.38. The van der Waals surface area contributed by atoms with E-state index in [-0.39, 0.29) is 12.0 Å². The quantitative estimate of drug-likeness (QED) is 0.218. The zero-order chi connectivity index (χ0) is 17.0. The highest BCUT2D eigenvalue weighted by molar-refractivity contribution is 7.46. The molecule has 2 rings (SSSR count). The van der Waals surface area contributed by atoms with Crippen molar-refractivity contribution < 1.29 is 33.0 Å². The largest absolute Gasteiger partial charge is 0.469 e. The molecule has 12 heteroatoms. The van der Waals surface area contributed by atoms with E-state index < -0.39 is 38.7 Å². The van der Waals surface area contributed by atoms with Gasteiger partial charge in [-0.15, -0.1) is 0 Å². The Morgan fingerprint density at radius 3 is 3.00 bits per heavy atom. The minimum absolute atomic E-state index is 0.256. The van der Waals surface area contributed by atoms with Crippen LogP contribution in [0.2, 0.25) is 0 Å². The molecule has 11 nitrogen and oxygen atoms in total. The smallest absolute Gasteiger partial charge is 0.365 e. The summed E-state index contributed by atoms with van der Waals surface area (Å²) in [5.74, 6) is -0.606. The Kier molecular flexibility index (Phi) is 5.32. The minimum atomic E-state index is -4.66. The first-order valence-electron chi connectivity index (χ1n) is 6.50. The highest BCUT2D eigenvalue weighted by atomic mass is 31.2. The topological polar surface area (TPSA) is 172 Å². The molecule has 1 aromatic heterocycles. The van der Waals surface area contributed by atoms with Gasteiger partial charge in [0.2, 0.25) is 0 Å². The number of nitrogens with zero attached hydrogens (tertiary/aromatic N) is 4. The van der Waals surface area contributed by atoms with Crippen molar-refractivity contribution in [3.63, 3.8) is 0 Å². The van der Waals surface area contributed by atoms with E-state index in [2.05, 4.69) is 14.5 Å². The van der Waals surface area contributed by atoms with Gasteiger partial charge in [-0.25, -0.2) is 4.57 Å². The van der Waals surface area contributed by atoms with Gasteiger partial charge in [0.15, 0.2) is 12.4 Å². The molecule has 0 unspecified atom stereocenters. The molecule has 0 radical (unpaired) electrons. The second-order valence-corrected chi connectivity index (χ2v) is 6.07. The van der Waals surface area contributed by atoms with Crippen molar-refractivity contribution in [2.75, 3.05) is 6.61 Å². The summed E-state index contributed by atoms with van der Waals surface area (Å²) in [5.41, 5.74) is 14.1. The van der Waals surface area contributed by atoms with Crippen LogP contribution in [-0.4, -0.2) is 34.4 Å². The van der Waals surface area contributed by atoms with Crippen LogP contribution in [0.15, 0.2) is 29.6 Å². The van der Waals surface area contributed by atoms with Gasteiger partial charge in [0, 0.05) is 17.4 Å². The van der Waals surface area contributed by atoms with Crippen molar-refractivity contribution in [1.29, 1.82) is 0 Å². The summed E-state index contributed by atoms with van der Waals surface area (Å²) in [6.45, 7) is -0.430. The van der Waals surface area contributed by atoms with Gasteiger partial charge in [0.25, 0.3) is 12.1 Å². The molecule has 2 heterocycles. The molecule has 1 amide bonds. The third-order valence-corrected chi connectivity index (χ3v) is 3.74. The zero-order valence-electron chi connectivity index (χ0n) is 11.8. The van der Waals surface area contributed by atoms with Crippen LogP contribution in [0.5, 0.6) is 0 Å². The number of aromatic nitrogens is 1. The molecule has 1 fully saturated rings. The number of nitrogens with two attached hydrogens (primary N) is 1. The molecule has 0 saturated carbocycles. The average molecular weight is 344 g/mol. The molecular weight excluding hydrogens is 329 g/mol. The number of phosphoric acid groups is 1. The summed E-state index contributed by atoms with van der Waals surface area (Å²) in [7, 11) is -4.66. The maximum Gasteiger partial charge on any atom is 0.469 e. The Balaban J connectivity index is 2.16. The van der Waals surface area contributed by atoms with E-state index >= 15 is 0 Å². The standard InChI is InChI=1S/C11H14N5O6P/c12-11(17)7-2-1-3-16(5-7)10-4-8(14-15-13)9(22-10)6-21-23(18,19)20/h1-3,5,8-10H,4,6H2,(H3-,12,17,18,19,20)/p+1/t8-,9-,10+/m1/s1. The van der Waals surface area contributed by atoms with Gasteiger partial charge in [0.05, 0.1) is 18.8 Å². The Bertz CT molecular complexity index is 687. The molecule has 0 aliphatic carbocycles. The molecule has 0 bridgehead atoms. The molecule has 0 aromatic carbocycles. The first kappa shape index (κ1) is 17.4. The van der Waals surface area contributed by atoms with E-state index in [4.69, 9.17) is 25.8 Å². The molecule has 1 aliphatic rings. The van der Waals surface area contributed by atoms with Crippen LogP contribution < -0.4 is 10.3 Å². The number of phosphoric ester groups is 1. The minimum Gasteiger partial charge on any atom is -0.365 e. The van der Waals surface area contributed by atoms with E-state index in [0.717, 1.165) is 0 Å². The lowest BCUT2D eigenvalue weighted by Gasteiger charge is -2.14. The Hall–Kier alpha value is -2.00. The number of carbonyl (C=O) groups excluding carboxylic acids is 1. The fourth-order valence-electron chi connectivity index (χ4n) is 2.22. The van der Waals surface area contributed by atoms with Crippen molar-refractivity contribution >= 4 is 13.7 Å². The number of ether oxygens (including phenoxy) is 1. The van der Waals surface area contributed by atoms with Crippen LogP contribution in [0.1, 0.15) is 23.0 Å². The molecule has 1 saturated heterocycles. The summed E-state index contributed by atoms with van der Waals surface area (Å²) in [6.07, 6.45) is 1.96. The number of azide groups is 1. The van der Waals surface area contributed by atoms with E-state index in [0.29, 0.717) is 0 Å². The molecule has 1 aliphatic heterocycles. The molecular formula is C11H15N5O6P+. The summed E-state index contributed by atoms with van der Waals surface area (Å²) in [5, 5.41) is 3.56. The van der Waals surface area contributed by atoms with Crippen molar-refractivity contribution in [2.45, 2.75) is 24.8 Å². The number of primary amides is 1. The molecule has 4 N–H and O–H groups in total. The predicted molar refractivity (Wildman–Crippen MR) is 74.6 cm³/mol. The van der Waals surface area contributed by atoms with Crippen LogP contribution >= 0.6 is 7.82 Å². The second-order valence-electron chi connectivity index (χ2n) is 4.83. The van der Waals surface area contributed by atoms with Gasteiger partial charge in [-0.1, -0.05) is 5.11 Å². The molecule has 3 atom stereocenters. The van der Waals surface area contributed by atoms with Crippen LogP contribution in [0.25, 0.3) is 10.4 Å². The number of rotatable bonds is 6. The van der Waals surface area contributed by atoms with E-state index in [1.807, 2.05) is 0 Å². The number of carbonyl (C=O) groups is 1. The van der Waals surface area contributed by atoms with Gasteiger partial charge in [-0.05, 0) is 11.6 Å². The average Bonchev–Trinajstić information content (AvgIpc) is 2.88. The fraction of sp³-hybridized carbons (Fsp3) is 0.455. The number of pyridine rings is 1. The predicted octanol–water partition coefficient (Wildman–Crippen LogP) is 0.149. The maximum atomic E-state index is 11.2. The Morgan fingerprint density at radius 1 is 1.65 bits per heavy atom. The first-order chi connectivity index (χ1) is 10.8. The summed E-state index contributed by atoms with van der Waals surface area (Å²) in [6, 6.07) is 2.47. The van der Waals surface area contributed by atoms with Crippen LogP contribution in [0, 0.1) is 0 Å². The van der Waals surface area contributed by atoms with E-state index in [1.54, 1.807) is 16.8 Å².